The highest BCUT2D eigenvalue weighted by Gasteiger charge is 2.28. The standard InChI is InChI=1S/C15H19N5O5S/c1-8-13(10(3)25-19-8)26(23,24)20-9(2)14(21)17-11-4-6-12(7-5-11)18-15(16)22/h4-7,9,20H,1-3H3,(H,17,21)(H3,16,18,22)/t9-/m0/s1. The van der Waals surface area contributed by atoms with Crippen molar-refractivity contribution >= 4 is 33.3 Å². The SMILES string of the molecule is Cc1noc(C)c1S(=O)(=O)N[C@@H](C)C(=O)Nc1ccc(NC(N)=O)cc1. The van der Waals surface area contributed by atoms with E-state index in [1.807, 2.05) is 0 Å². The average molecular weight is 381 g/mol. The first-order valence-electron chi connectivity index (χ1n) is 7.52. The van der Waals surface area contributed by atoms with E-state index in [0.717, 1.165) is 0 Å². The number of carbonyl (C=O) groups excluding carboxylic acids is 2. The van der Waals surface area contributed by atoms with E-state index in [0.29, 0.717) is 11.4 Å². The van der Waals surface area contributed by atoms with Crippen molar-refractivity contribution in [1.82, 2.24) is 9.88 Å². The number of primary amides is 1. The Kier molecular flexibility index (Phi) is 5.63. The molecule has 0 aliphatic heterocycles. The molecule has 0 aliphatic rings. The van der Waals surface area contributed by atoms with Crippen molar-refractivity contribution in [3.63, 3.8) is 0 Å². The largest absolute Gasteiger partial charge is 0.360 e. The van der Waals surface area contributed by atoms with E-state index in [1.165, 1.54) is 20.8 Å². The molecule has 0 aliphatic carbocycles. The van der Waals surface area contributed by atoms with Gasteiger partial charge in [-0.1, -0.05) is 5.16 Å². The summed E-state index contributed by atoms with van der Waals surface area (Å²) in [6.45, 7) is 4.38. The zero-order chi connectivity index (χ0) is 19.5. The number of rotatable bonds is 6. The van der Waals surface area contributed by atoms with Gasteiger partial charge in [0, 0.05) is 11.4 Å². The van der Waals surface area contributed by atoms with Crippen LogP contribution >= 0.6 is 0 Å². The maximum atomic E-state index is 12.4. The number of sulfonamides is 1. The lowest BCUT2D eigenvalue weighted by Gasteiger charge is -2.14. The fourth-order valence-electron chi connectivity index (χ4n) is 2.23. The molecule has 0 radical (unpaired) electrons. The van der Waals surface area contributed by atoms with Crippen molar-refractivity contribution in [3.8, 4) is 0 Å². The Labute approximate surface area is 150 Å². The van der Waals surface area contributed by atoms with Gasteiger partial charge in [-0.15, -0.1) is 0 Å². The Balaban J connectivity index is 2.04. The van der Waals surface area contributed by atoms with E-state index >= 15 is 0 Å². The minimum atomic E-state index is -3.96. The number of hydrogen-bond donors (Lipinski definition) is 4. The van der Waals surface area contributed by atoms with Gasteiger partial charge in [-0.3, -0.25) is 4.79 Å². The number of carbonyl (C=O) groups is 2. The Morgan fingerprint density at radius 3 is 2.12 bits per heavy atom. The molecule has 11 heteroatoms. The number of benzene rings is 1. The number of aromatic nitrogens is 1. The molecular formula is C15H19N5O5S. The molecule has 0 fully saturated rings. The molecule has 0 bridgehead atoms. The van der Waals surface area contributed by atoms with Gasteiger partial charge in [0.15, 0.2) is 5.76 Å². The highest BCUT2D eigenvalue weighted by molar-refractivity contribution is 7.89. The molecule has 0 saturated heterocycles. The Morgan fingerprint density at radius 2 is 1.65 bits per heavy atom. The summed E-state index contributed by atoms with van der Waals surface area (Å²) >= 11 is 0. The van der Waals surface area contributed by atoms with E-state index in [9.17, 15) is 18.0 Å². The van der Waals surface area contributed by atoms with Crippen LogP contribution in [0.3, 0.4) is 0 Å². The van der Waals surface area contributed by atoms with Crippen LogP contribution in [0.1, 0.15) is 18.4 Å². The molecule has 3 amide bonds. The number of hydrogen-bond acceptors (Lipinski definition) is 6. The molecule has 0 saturated carbocycles. The molecule has 10 nitrogen and oxygen atoms in total. The summed E-state index contributed by atoms with van der Waals surface area (Å²) < 4.78 is 31.9. The predicted molar refractivity (Wildman–Crippen MR) is 94.0 cm³/mol. The van der Waals surface area contributed by atoms with Crippen molar-refractivity contribution in [1.29, 1.82) is 0 Å². The van der Waals surface area contributed by atoms with Crippen LogP contribution in [0, 0.1) is 13.8 Å². The second-order valence-corrected chi connectivity index (χ2v) is 7.20. The second kappa shape index (κ2) is 7.54. The van der Waals surface area contributed by atoms with Gasteiger partial charge < -0.3 is 20.9 Å². The molecule has 0 spiro atoms. The summed E-state index contributed by atoms with van der Waals surface area (Å²) in [6.07, 6.45) is 0. The third-order valence-electron chi connectivity index (χ3n) is 3.38. The van der Waals surface area contributed by atoms with Crippen LogP contribution in [0.25, 0.3) is 0 Å². The zero-order valence-corrected chi connectivity index (χ0v) is 15.2. The molecule has 1 aromatic carbocycles. The van der Waals surface area contributed by atoms with E-state index in [1.54, 1.807) is 24.3 Å². The van der Waals surface area contributed by atoms with Gasteiger partial charge in [-0.2, -0.15) is 4.72 Å². The van der Waals surface area contributed by atoms with Crippen molar-refractivity contribution in [2.75, 3.05) is 10.6 Å². The maximum Gasteiger partial charge on any atom is 0.316 e. The van der Waals surface area contributed by atoms with Crippen molar-refractivity contribution in [2.24, 2.45) is 5.73 Å². The first-order chi connectivity index (χ1) is 12.1. The van der Waals surface area contributed by atoms with Crippen LogP contribution in [-0.2, 0) is 14.8 Å². The van der Waals surface area contributed by atoms with Crippen molar-refractivity contribution in [3.05, 3.63) is 35.7 Å². The quantitative estimate of drug-likeness (QED) is 0.586. The van der Waals surface area contributed by atoms with Crippen LogP contribution in [-0.4, -0.2) is 31.6 Å². The highest BCUT2D eigenvalue weighted by atomic mass is 32.2. The summed E-state index contributed by atoms with van der Waals surface area (Å²) in [5.74, 6) is -0.420. The fourth-order valence-corrected chi connectivity index (χ4v) is 3.77. The monoisotopic (exact) mass is 381 g/mol. The summed E-state index contributed by atoms with van der Waals surface area (Å²) in [5, 5.41) is 8.55. The molecule has 2 aromatic rings. The number of nitrogens with two attached hydrogens (primary N) is 1. The fraction of sp³-hybridized carbons (Fsp3) is 0.267. The third-order valence-corrected chi connectivity index (χ3v) is 5.17. The normalized spacial score (nSPS) is 12.4. The molecule has 26 heavy (non-hydrogen) atoms. The van der Waals surface area contributed by atoms with E-state index in [-0.39, 0.29) is 16.3 Å². The minimum Gasteiger partial charge on any atom is -0.360 e. The van der Waals surface area contributed by atoms with Gasteiger partial charge >= 0.3 is 6.03 Å². The first-order valence-corrected chi connectivity index (χ1v) is 9.01. The lowest BCUT2D eigenvalue weighted by molar-refractivity contribution is -0.117. The van der Waals surface area contributed by atoms with Crippen LogP contribution in [0.4, 0.5) is 16.2 Å². The van der Waals surface area contributed by atoms with Gasteiger partial charge in [0.1, 0.15) is 10.6 Å². The molecule has 1 aromatic heterocycles. The number of nitrogens with zero attached hydrogens (tertiary/aromatic N) is 1. The molecule has 140 valence electrons. The Hall–Kier alpha value is -2.92. The number of anilines is 2. The van der Waals surface area contributed by atoms with Gasteiger partial charge in [0.2, 0.25) is 15.9 Å². The highest BCUT2D eigenvalue weighted by Crippen LogP contribution is 2.19. The molecule has 0 unspecified atom stereocenters. The summed E-state index contributed by atoms with van der Waals surface area (Å²) in [6, 6.07) is 4.41. The molecule has 1 heterocycles. The van der Waals surface area contributed by atoms with E-state index < -0.39 is 28.0 Å². The third kappa shape index (κ3) is 4.58. The predicted octanol–water partition coefficient (Wildman–Crippen LogP) is 1.09. The number of amides is 3. The molecular weight excluding hydrogens is 362 g/mol. The Bertz CT molecular complexity index is 901. The average Bonchev–Trinajstić information content (AvgIpc) is 2.87. The van der Waals surface area contributed by atoms with Gasteiger partial charge in [0.05, 0.1) is 6.04 Å². The van der Waals surface area contributed by atoms with Crippen molar-refractivity contribution in [2.45, 2.75) is 31.7 Å². The number of aryl methyl sites for hydroxylation is 2. The van der Waals surface area contributed by atoms with Gasteiger partial charge in [-0.25, -0.2) is 13.2 Å². The number of urea groups is 1. The van der Waals surface area contributed by atoms with E-state index in [2.05, 4.69) is 20.5 Å². The lowest BCUT2D eigenvalue weighted by Crippen LogP contribution is -2.41. The van der Waals surface area contributed by atoms with Crippen molar-refractivity contribution < 1.29 is 22.5 Å². The molecule has 2 rings (SSSR count). The van der Waals surface area contributed by atoms with Crippen LogP contribution in [0.2, 0.25) is 0 Å². The first kappa shape index (κ1) is 19.4. The zero-order valence-electron chi connectivity index (χ0n) is 14.4. The van der Waals surface area contributed by atoms with Gasteiger partial charge in [0.25, 0.3) is 0 Å². The topological polar surface area (TPSA) is 156 Å². The van der Waals surface area contributed by atoms with Crippen LogP contribution in [0.5, 0.6) is 0 Å². The van der Waals surface area contributed by atoms with E-state index in [4.69, 9.17) is 10.3 Å². The number of nitrogens with one attached hydrogen (secondary N) is 3. The molecule has 5 N–H and O–H groups in total. The summed E-state index contributed by atoms with van der Waals surface area (Å²) in [7, 11) is -3.96. The van der Waals surface area contributed by atoms with Crippen LogP contribution < -0.4 is 21.1 Å². The minimum absolute atomic E-state index is 0.0842. The van der Waals surface area contributed by atoms with Gasteiger partial charge in [-0.05, 0) is 45.0 Å². The maximum absolute atomic E-state index is 12.4. The molecule has 1 atom stereocenters. The smallest absolute Gasteiger partial charge is 0.316 e. The van der Waals surface area contributed by atoms with Crippen LogP contribution in [0.15, 0.2) is 33.7 Å². The second-order valence-electron chi connectivity index (χ2n) is 5.55. The lowest BCUT2D eigenvalue weighted by atomic mass is 10.2. The summed E-state index contributed by atoms with van der Waals surface area (Å²) in [5.41, 5.74) is 6.10. The Morgan fingerprint density at radius 1 is 1.12 bits per heavy atom. The summed E-state index contributed by atoms with van der Waals surface area (Å²) in [4.78, 5) is 22.9.